The van der Waals surface area contributed by atoms with Crippen LogP contribution in [0.4, 0.5) is 5.69 Å². The highest BCUT2D eigenvalue weighted by molar-refractivity contribution is 7.13. The maximum absolute atomic E-state index is 12.4. The fraction of sp³-hybridized carbons (Fsp3) is 0.136. The highest BCUT2D eigenvalue weighted by Gasteiger charge is 2.15. The summed E-state index contributed by atoms with van der Waals surface area (Å²) in [5, 5.41) is 5.81. The number of benzene rings is 2. The van der Waals surface area contributed by atoms with Crippen molar-refractivity contribution in [2.24, 2.45) is 0 Å². The van der Waals surface area contributed by atoms with E-state index in [1.54, 1.807) is 17.5 Å². The van der Waals surface area contributed by atoms with Crippen LogP contribution in [0.1, 0.15) is 17.0 Å². The second-order valence-corrected chi connectivity index (χ2v) is 7.42. The van der Waals surface area contributed by atoms with Crippen molar-refractivity contribution in [2.75, 3.05) is 5.32 Å². The SMILES string of the molecule is Cc1ccc(-c2nc(CC(=O)Nc3ccc(-c4nccs4)cc3)c(C)o2)cc1. The highest BCUT2D eigenvalue weighted by atomic mass is 32.1. The standard InChI is InChI=1S/C22H19N3O2S/c1-14-3-5-16(6-4-14)21-25-19(15(2)27-21)13-20(26)24-18-9-7-17(8-10-18)22-23-11-12-28-22/h3-12H,13H2,1-2H3,(H,24,26). The summed E-state index contributed by atoms with van der Waals surface area (Å²) in [6, 6.07) is 15.6. The predicted molar refractivity (Wildman–Crippen MR) is 111 cm³/mol. The van der Waals surface area contributed by atoms with Gasteiger partial charge in [0.05, 0.1) is 12.1 Å². The smallest absolute Gasteiger partial charge is 0.230 e. The molecule has 0 atom stereocenters. The van der Waals surface area contributed by atoms with Crippen LogP contribution in [-0.4, -0.2) is 15.9 Å². The predicted octanol–water partition coefficient (Wildman–Crippen LogP) is 5.26. The number of oxazole rings is 1. The van der Waals surface area contributed by atoms with Crippen LogP contribution in [0.3, 0.4) is 0 Å². The topological polar surface area (TPSA) is 68.0 Å². The number of rotatable bonds is 5. The molecular weight excluding hydrogens is 370 g/mol. The molecule has 0 aliphatic carbocycles. The van der Waals surface area contributed by atoms with Crippen LogP contribution in [0.25, 0.3) is 22.0 Å². The molecule has 6 heteroatoms. The van der Waals surface area contributed by atoms with Gasteiger partial charge in [0.15, 0.2) is 0 Å². The normalized spacial score (nSPS) is 10.8. The van der Waals surface area contributed by atoms with Gasteiger partial charge in [-0.1, -0.05) is 17.7 Å². The van der Waals surface area contributed by atoms with E-state index in [9.17, 15) is 4.79 Å². The molecule has 0 fully saturated rings. The average molecular weight is 389 g/mol. The molecule has 0 unspecified atom stereocenters. The molecule has 0 aliphatic rings. The van der Waals surface area contributed by atoms with Crippen molar-refractivity contribution < 1.29 is 9.21 Å². The molecule has 1 amide bonds. The van der Waals surface area contributed by atoms with Gasteiger partial charge in [0, 0.05) is 28.4 Å². The minimum atomic E-state index is -0.131. The lowest BCUT2D eigenvalue weighted by atomic mass is 10.1. The molecule has 140 valence electrons. The van der Waals surface area contributed by atoms with Gasteiger partial charge < -0.3 is 9.73 Å². The summed E-state index contributed by atoms with van der Waals surface area (Å²) in [7, 11) is 0. The maximum atomic E-state index is 12.4. The van der Waals surface area contributed by atoms with Crippen LogP contribution < -0.4 is 5.32 Å². The Morgan fingerprint density at radius 1 is 1.04 bits per heavy atom. The van der Waals surface area contributed by atoms with Crippen molar-refractivity contribution in [2.45, 2.75) is 20.3 Å². The van der Waals surface area contributed by atoms with E-state index in [1.165, 1.54) is 5.56 Å². The third-order valence-corrected chi connectivity index (χ3v) is 5.19. The first kappa shape index (κ1) is 18.1. The third kappa shape index (κ3) is 4.02. The summed E-state index contributed by atoms with van der Waals surface area (Å²) in [6.07, 6.45) is 1.94. The van der Waals surface area contributed by atoms with Crippen molar-refractivity contribution in [3.05, 3.63) is 77.1 Å². The third-order valence-electron chi connectivity index (χ3n) is 4.37. The molecule has 0 spiro atoms. The Balaban J connectivity index is 1.43. The molecule has 2 aromatic carbocycles. The van der Waals surface area contributed by atoms with E-state index in [0.717, 1.165) is 21.8 Å². The van der Waals surface area contributed by atoms with E-state index >= 15 is 0 Å². The van der Waals surface area contributed by atoms with Crippen LogP contribution in [0.5, 0.6) is 0 Å². The average Bonchev–Trinajstić information content (AvgIpc) is 3.34. The zero-order chi connectivity index (χ0) is 19.5. The lowest BCUT2D eigenvalue weighted by Crippen LogP contribution is -2.15. The Bertz CT molecular complexity index is 1080. The number of carbonyl (C=O) groups excluding carboxylic acids is 1. The Morgan fingerprint density at radius 2 is 1.75 bits per heavy atom. The number of nitrogens with zero attached hydrogens (tertiary/aromatic N) is 2. The number of aryl methyl sites for hydroxylation is 2. The first-order chi connectivity index (χ1) is 13.6. The number of carbonyl (C=O) groups is 1. The lowest BCUT2D eigenvalue weighted by molar-refractivity contribution is -0.115. The molecule has 4 aromatic rings. The van der Waals surface area contributed by atoms with E-state index in [-0.39, 0.29) is 12.3 Å². The Morgan fingerprint density at radius 3 is 2.43 bits per heavy atom. The van der Waals surface area contributed by atoms with E-state index in [1.807, 2.05) is 67.8 Å². The molecule has 4 rings (SSSR count). The summed E-state index contributed by atoms with van der Waals surface area (Å²) in [5.74, 6) is 1.06. The Kier molecular flexibility index (Phi) is 5.04. The fourth-order valence-electron chi connectivity index (χ4n) is 2.83. The summed E-state index contributed by atoms with van der Waals surface area (Å²) >= 11 is 1.58. The second kappa shape index (κ2) is 7.78. The number of hydrogen-bond donors (Lipinski definition) is 1. The van der Waals surface area contributed by atoms with Gasteiger partial charge in [0.2, 0.25) is 11.8 Å². The van der Waals surface area contributed by atoms with Gasteiger partial charge in [0.25, 0.3) is 0 Å². The summed E-state index contributed by atoms with van der Waals surface area (Å²) < 4.78 is 5.75. The number of aromatic nitrogens is 2. The van der Waals surface area contributed by atoms with Crippen LogP contribution in [-0.2, 0) is 11.2 Å². The summed E-state index contributed by atoms with van der Waals surface area (Å²) in [5.41, 5.74) is 4.49. The highest BCUT2D eigenvalue weighted by Crippen LogP contribution is 2.24. The van der Waals surface area contributed by atoms with Gasteiger partial charge in [-0.25, -0.2) is 9.97 Å². The zero-order valence-electron chi connectivity index (χ0n) is 15.6. The van der Waals surface area contributed by atoms with Gasteiger partial charge in [0.1, 0.15) is 10.8 Å². The molecule has 1 N–H and O–H groups in total. The lowest BCUT2D eigenvalue weighted by Gasteiger charge is -2.05. The van der Waals surface area contributed by atoms with Crippen LogP contribution in [0.2, 0.25) is 0 Å². The monoisotopic (exact) mass is 389 g/mol. The summed E-state index contributed by atoms with van der Waals surface area (Å²) in [4.78, 5) is 21.2. The van der Waals surface area contributed by atoms with Gasteiger partial charge >= 0.3 is 0 Å². The molecule has 0 saturated carbocycles. The van der Waals surface area contributed by atoms with Crippen molar-refractivity contribution in [3.63, 3.8) is 0 Å². The van der Waals surface area contributed by atoms with Gasteiger partial charge in [-0.15, -0.1) is 11.3 Å². The second-order valence-electron chi connectivity index (χ2n) is 6.53. The molecule has 0 bridgehead atoms. The minimum Gasteiger partial charge on any atom is -0.441 e. The van der Waals surface area contributed by atoms with Crippen molar-refractivity contribution in [3.8, 4) is 22.0 Å². The molecule has 2 heterocycles. The molecule has 0 radical (unpaired) electrons. The van der Waals surface area contributed by atoms with Gasteiger partial charge in [-0.05, 0) is 50.2 Å². The molecule has 0 saturated heterocycles. The molecule has 5 nitrogen and oxygen atoms in total. The largest absolute Gasteiger partial charge is 0.441 e. The molecule has 2 aromatic heterocycles. The molecule has 28 heavy (non-hydrogen) atoms. The molecular formula is C22H19N3O2S. The maximum Gasteiger partial charge on any atom is 0.230 e. The van der Waals surface area contributed by atoms with Gasteiger partial charge in [-0.3, -0.25) is 4.79 Å². The number of amides is 1. The van der Waals surface area contributed by atoms with Gasteiger partial charge in [-0.2, -0.15) is 0 Å². The van der Waals surface area contributed by atoms with E-state index in [0.29, 0.717) is 17.3 Å². The van der Waals surface area contributed by atoms with E-state index in [4.69, 9.17) is 4.42 Å². The Labute approximate surface area is 167 Å². The van der Waals surface area contributed by atoms with Crippen LogP contribution in [0.15, 0.2) is 64.5 Å². The first-order valence-corrected chi connectivity index (χ1v) is 9.79. The number of thiazole rings is 1. The van der Waals surface area contributed by atoms with Crippen molar-refractivity contribution in [1.82, 2.24) is 9.97 Å². The number of nitrogens with one attached hydrogen (secondary N) is 1. The quantitative estimate of drug-likeness (QED) is 0.505. The fourth-order valence-corrected chi connectivity index (χ4v) is 3.48. The van der Waals surface area contributed by atoms with Crippen LogP contribution >= 0.6 is 11.3 Å². The van der Waals surface area contributed by atoms with Crippen molar-refractivity contribution in [1.29, 1.82) is 0 Å². The molecule has 0 aliphatic heterocycles. The van der Waals surface area contributed by atoms with Crippen LogP contribution in [0, 0.1) is 13.8 Å². The minimum absolute atomic E-state index is 0.131. The number of hydrogen-bond acceptors (Lipinski definition) is 5. The first-order valence-electron chi connectivity index (χ1n) is 8.91. The van der Waals surface area contributed by atoms with Crippen molar-refractivity contribution >= 4 is 22.9 Å². The zero-order valence-corrected chi connectivity index (χ0v) is 16.4. The summed E-state index contributed by atoms with van der Waals surface area (Å²) in [6.45, 7) is 3.86. The Hall–Kier alpha value is -3.25. The van der Waals surface area contributed by atoms with E-state index in [2.05, 4.69) is 15.3 Å². The number of anilines is 1. The van der Waals surface area contributed by atoms with E-state index < -0.39 is 0 Å².